The quantitative estimate of drug-likeness (QED) is 0.629. The molecule has 0 unspecified atom stereocenters. The first kappa shape index (κ1) is 18.2. The lowest BCUT2D eigenvalue weighted by atomic mass is 10.2. The summed E-state index contributed by atoms with van der Waals surface area (Å²) in [7, 11) is -3.67. The monoisotopic (exact) mass is 388 g/mol. The fraction of sp³-hybridized carbons (Fsp3) is 0.111. The molecule has 0 radical (unpaired) electrons. The zero-order valence-electron chi connectivity index (χ0n) is 13.8. The van der Waals surface area contributed by atoms with Crippen LogP contribution in [0.25, 0.3) is 0 Å². The number of hydrogen-bond acceptors (Lipinski definition) is 6. The molecule has 0 atom stereocenters. The molecule has 3 N–H and O–H groups in total. The van der Waals surface area contributed by atoms with Gasteiger partial charge in [-0.3, -0.25) is 0 Å². The highest BCUT2D eigenvalue weighted by atomic mass is 35.5. The van der Waals surface area contributed by atoms with Crippen LogP contribution in [-0.2, 0) is 22.1 Å². The molecule has 2 aromatic carbocycles. The first-order valence-electron chi connectivity index (χ1n) is 7.82. The number of nitrogens with two attached hydrogens (primary N) is 1. The Morgan fingerprint density at radius 1 is 1.04 bits per heavy atom. The molecule has 26 heavy (non-hydrogen) atoms. The van der Waals surface area contributed by atoms with Gasteiger partial charge in [-0.25, -0.2) is 18.4 Å². The van der Waals surface area contributed by atoms with Gasteiger partial charge in [0.1, 0.15) is 5.82 Å². The molecule has 0 saturated heterocycles. The third-order valence-electron chi connectivity index (χ3n) is 3.70. The molecule has 0 spiro atoms. The summed E-state index contributed by atoms with van der Waals surface area (Å²) >= 11 is 6.09. The summed E-state index contributed by atoms with van der Waals surface area (Å²) in [5.74, 6) is -0.0592. The number of para-hydroxylation sites is 1. The first-order valence-corrected chi connectivity index (χ1v) is 9.85. The van der Waals surface area contributed by atoms with Crippen molar-refractivity contribution in [2.24, 2.45) is 0 Å². The number of nitrogens with one attached hydrogen (secondary N) is 1. The summed E-state index contributed by atoms with van der Waals surface area (Å²) < 4.78 is 25.0. The molecule has 0 aliphatic rings. The van der Waals surface area contributed by atoms with Crippen LogP contribution in [0.5, 0.6) is 0 Å². The van der Waals surface area contributed by atoms with E-state index in [1.165, 1.54) is 6.20 Å². The number of nitrogen functional groups attached to an aromatic ring is 1. The van der Waals surface area contributed by atoms with Gasteiger partial charge < -0.3 is 11.1 Å². The summed E-state index contributed by atoms with van der Waals surface area (Å²) in [6.45, 7) is 0.328. The van der Waals surface area contributed by atoms with Gasteiger partial charge in [0, 0.05) is 18.3 Å². The van der Waals surface area contributed by atoms with Crippen molar-refractivity contribution in [2.75, 3.05) is 11.1 Å². The Kier molecular flexibility index (Phi) is 5.39. The Morgan fingerprint density at radius 3 is 2.42 bits per heavy atom. The van der Waals surface area contributed by atoms with Gasteiger partial charge in [-0.2, -0.15) is 0 Å². The van der Waals surface area contributed by atoms with Gasteiger partial charge in [0.2, 0.25) is 15.0 Å². The van der Waals surface area contributed by atoms with Crippen molar-refractivity contribution in [2.45, 2.75) is 17.5 Å². The van der Waals surface area contributed by atoms with Crippen LogP contribution in [-0.4, -0.2) is 18.4 Å². The SMILES string of the molecule is Nc1nc(S(=O)(=O)Cc2ccccc2)ncc1CNc1ccccc1Cl. The predicted molar refractivity (Wildman–Crippen MR) is 103 cm³/mol. The maximum Gasteiger partial charge on any atom is 0.249 e. The van der Waals surface area contributed by atoms with Gasteiger partial charge in [0.05, 0.1) is 16.5 Å². The molecule has 1 aromatic heterocycles. The van der Waals surface area contributed by atoms with E-state index in [1.807, 2.05) is 24.3 Å². The van der Waals surface area contributed by atoms with E-state index < -0.39 is 9.84 Å². The number of halogens is 1. The second-order valence-electron chi connectivity index (χ2n) is 5.64. The second-order valence-corrected chi connectivity index (χ2v) is 7.93. The van der Waals surface area contributed by atoms with Gasteiger partial charge in [-0.15, -0.1) is 0 Å². The number of sulfone groups is 1. The number of benzene rings is 2. The standard InChI is InChI=1S/C18H17ClN4O2S/c19-15-8-4-5-9-16(15)21-10-14-11-22-18(23-17(14)20)26(24,25)12-13-6-2-1-3-7-13/h1-9,11,21H,10,12H2,(H2,20,22,23). The largest absolute Gasteiger partial charge is 0.383 e. The summed E-state index contributed by atoms with van der Waals surface area (Å²) in [5.41, 5.74) is 7.92. The van der Waals surface area contributed by atoms with Crippen molar-refractivity contribution in [3.63, 3.8) is 0 Å². The minimum absolute atomic E-state index is 0.117. The normalized spacial score (nSPS) is 11.3. The molecule has 6 nitrogen and oxygen atoms in total. The number of hydrogen-bond donors (Lipinski definition) is 2. The molecule has 0 aliphatic heterocycles. The predicted octanol–water partition coefficient (Wildman–Crippen LogP) is 3.30. The molecular formula is C18H17ClN4O2S. The summed E-state index contributed by atoms with van der Waals surface area (Å²) in [6, 6.07) is 16.1. The zero-order chi connectivity index (χ0) is 18.6. The Hall–Kier alpha value is -2.64. The number of nitrogens with zero attached hydrogens (tertiary/aromatic N) is 2. The summed E-state index contributed by atoms with van der Waals surface area (Å²) in [5, 5.41) is 3.43. The van der Waals surface area contributed by atoms with E-state index in [0.29, 0.717) is 22.7 Å². The minimum Gasteiger partial charge on any atom is -0.383 e. The maximum absolute atomic E-state index is 12.5. The minimum atomic E-state index is -3.67. The fourth-order valence-corrected chi connectivity index (χ4v) is 3.76. The maximum atomic E-state index is 12.5. The van der Waals surface area contributed by atoms with Crippen LogP contribution in [0.1, 0.15) is 11.1 Å². The van der Waals surface area contributed by atoms with Crippen molar-refractivity contribution in [3.05, 3.63) is 76.9 Å². The van der Waals surface area contributed by atoms with Crippen LogP contribution in [0.3, 0.4) is 0 Å². The average molecular weight is 389 g/mol. The van der Waals surface area contributed by atoms with Crippen LogP contribution in [0.4, 0.5) is 11.5 Å². The molecule has 1 heterocycles. The smallest absolute Gasteiger partial charge is 0.249 e. The van der Waals surface area contributed by atoms with Crippen molar-refractivity contribution in [1.29, 1.82) is 0 Å². The van der Waals surface area contributed by atoms with Crippen LogP contribution in [0, 0.1) is 0 Å². The van der Waals surface area contributed by atoms with E-state index in [9.17, 15) is 8.42 Å². The number of rotatable bonds is 6. The van der Waals surface area contributed by atoms with Crippen molar-refractivity contribution >= 4 is 32.9 Å². The van der Waals surface area contributed by atoms with E-state index in [2.05, 4.69) is 15.3 Å². The van der Waals surface area contributed by atoms with Gasteiger partial charge in [0.15, 0.2) is 0 Å². The van der Waals surface area contributed by atoms with Gasteiger partial charge in [0.25, 0.3) is 0 Å². The molecule has 0 fully saturated rings. The lowest BCUT2D eigenvalue weighted by Crippen LogP contribution is -2.13. The van der Waals surface area contributed by atoms with Crippen LogP contribution >= 0.6 is 11.6 Å². The Balaban J connectivity index is 1.76. The molecule has 0 aliphatic carbocycles. The van der Waals surface area contributed by atoms with Crippen LogP contribution in [0.2, 0.25) is 5.02 Å². The lowest BCUT2D eigenvalue weighted by molar-refractivity contribution is 0.586. The Morgan fingerprint density at radius 2 is 1.73 bits per heavy atom. The Labute approximate surface area is 157 Å². The van der Waals surface area contributed by atoms with Gasteiger partial charge in [-0.1, -0.05) is 54.1 Å². The highest BCUT2D eigenvalue weighted by Crippen LogP contribution is 2.22. The first-order chi connectivity index (χ1) is 12.5. The third kappa shape index (κ3) is 4.30. The molecule has 134 valence electrons. The average Bonchev–Trinajstić information content (AvgIpc) is 2.62. The van der Waals surface area contributed by atoms with Crippen molar-refractivity contribution in [3.8, 4) is 0 Å². The van der Waals surface area contributed by atoms with Crippen LogP contribution in [0.15, 0.2) is 66.0 Å². The van der Waals surface area contributed by atoms with E-state index >= 15 is 0 Å². The van der Waals surface area contributed by atoms with Gasteiger partial charge in [-0.05, 0) is 17.7 Å². The molecule has 8 heteroatoms. The summed E-state index contributed by atoms with van der Waals surface area (Å²) in [4.78, 5) is 7.97. The Bertz CT molecular complexity index is 1010. The highest BCUT2D eigenvalue weighted by Gasteiger charge is 2.20. The second kappa shape index (κ2) is 7.72. The molecule has 0 amide bonds. The van der Waals surface area contributed by atoms with E-state index in [-0.39, 0.29) is 16.7 Å². The molecular weight excluding hydrogens is 372 g/mol. The third-order valence-corrected chi connectivity index (χ3v) is 5.49. The lowest BCUT2D eigenvalue weighted by Gasteiger charge is -2.10. The highest BCUT2D eigenvalue weighted by molar-refractivity contribution is 7.90. The fourth-order valence-electron chi connectivity index (χ4n) is 2.34. The number of anilines is 2. The van der Waals surface area contributed by atoms with E-state index in [0.717, 1.165) is 5.69 Å². The molecule has 0 saturated carbocycles. The molecule has 3 aromatic rings. The van der Waals surface area contributed by atoms with Gasteiger partial charge >= 0.3 is 0 Å². The summed E-state index contributed by atoms with van der Waals surface area (Å²) in [6.07, 6.45) is 1.42. The number of aromatic nitrogens is 2. The molecule has 0 bridgehead atoms. The topological polar surface area (TPSA) is 98.0 Å². The van der Waals surface area contributed by atoms with E-state index in [1.54, 1.807) is 30.3 Å². The van der Waals surface area contributed by atoms with Crippen LogP contribution < -0.4 is 11.1 Å². The van der Waals surface area contributed by atoms with Crippen molar-refractivity contribution in [1.82, 2.24) is 9.97 Å². The van der Waals surface area contributed by atoms with E-state index in [4.69, 9.17) is 17.3 Å². The zero-order valence-corrected chi connectivity index (χ0v) is 15.3. The van der Waals surface area contributed by atoms with Crippen molar-refractivity contribution < 1.29 is 8.42 Å². The molecule has 3 rings (SSSR count).